The molecule has 1 aliphatic heterocycles. The number of rotatable bonds is 6. The molecule has 9 nitrogen and oxygen atoms in total. The van der Waals surface area contributed by atoms with Gasteiger partial charge in [-0.3, -0.25) is 24.6 Å². The Hall–Kier alpha value is -3.08. The maximum Gasteiger partial charge on any atom is 0.273 e. The Labute approximate surface area is 170 Å². The molecule has 0 radical (unpaired) electrons. The van der Waals surface area contributed by atoms with Crippen LogP contribution in [-0.2, 0) is 26.0 Å². The molecule has 0 fully saturated rings. The average molecular weight is 436 g/mol. The Morgan fingerprint density at radius 3 is 2.10 bits per heavy atom. The zero-order valence-corrected chi connectivity index (χ0v) is 16.3. The van der Waals surface area contributed by atoms with Gasteiger partial charge < -0.3 is 0 Å². The molecular weight excluding hydrogens is 422 g/mol. The van der Waals surface area contributed by atoms with E-state index >= 15 is 0 Å². The predicted octanol–water partition coefficient (Wildman–Crippen LogP) is 1.80. The molecule has 1 aliphatic rings. The Balaban J connectivity index is 1.75. The van der Waals surface area contributed by atoms with Gasteiger partial charge in [0, 0.05) is 18.7 Å². The summed E-state index contributed by atoms with van der Waals surface area (Å²) in [5.41, 5.74) is 0.829. The summed E-state index contributed by atoms with van der Waals surface area (Å²) >= 11 is 6.06. The molecule has 1 heterocycles. The van der Waals surface area contributed by atoms with E-state index in [1.165, 1.54) is 48.5 Å². The first-order valence-corrected chi connectivity index (χ1v) is 10.1. The number of nitrogens with two attached hydrogens (primary N) is 1. The lowest BCUT2D eigenvalue weighted by Gasteiger charge is -2.15. The molecule has 29 heavy (non-hydrogen) atoms. The van der Waals surface area contributed by atoms with Crippen LogP contribution in [0.2, 0.25) is 0 Å². The van der Waals surface area contributed by atoms with Gasteiger partial charge in [0.1, 0.15) is 5.03 Å². The largest absolute Gasteiger partial charge is 0.273 e. The molecule has 2 aromatic carbocycles. The summed E-state index contributed by atoms with van der Waals surface area (Å²) in [6.45, 7) is 0.0269. The van der Waals surface area contributed by atoms with Gasteiger partial charge in [0.2, 0.25) is 10.0 Å². The lowest BCUT2D eigenvalue weighted by atomic mass is 10.1. The minimum Gasteiger partial charge on any atom is -0.273 e. The van der Waals surface area contributed by atoms with Crippen LogP contribution in [0.5, 0.6) is 0 Å². The minimum absolute atomic E-state index is 0.0175. The van der Waals surface area contributed by atoms with Crippen LogP contribution in [0.25, 0.3) is 5.57 Å². The molecule has 11 heteroatoms. The molecule has 0 aliphatic carbocycles. The van der Waals surface area contributed by atoms with Crippen LogP contribution in [0, 0.1) is 10.1 Å². The van der Waals surface area contributed by atoms with Crippen molar-refractivity contribution in [1.82, 2.24) is 4.90 Å². The van der Waals surface area contributed by atoms with Gasteiger partial charge in [0.25, 0.3) is 17.5 Å². The molecule has 2 N–H and O–H groups in total. The van der Waals surface area contributed by atoms with Crippen LogP contribution in [-0.4, -0.2) is 36.6 Å². The van der Waals surface area contributed by atoms with E-state index in [2.05, 4.69) is 0 Å². The molecule has 0 spiro atoms. The highest BCUT2D eigenvalue weighted by atomic mass is 35.5. The van der Waals surface area contributed by atoms with Crippen molar-refractivity contribution in [3.05, 3.63) is 74.8 Å². The van der Waals surface area contributed by atoms with E-state index in [-0.39, 0.29) is 34.2 Å². The van der Waals surface area contributed by atoms with Crippen molar-refractivity contribution in [2.24, 2.45) is 5.14 Å². The summed E-state index contributed by atoms with van der Waals surface area (Å²) < 4.78 is 22.6. The lowest BCUT2D eigenvalue weighted by Crippen LogP contribution is -2.33. The van der Waals surface area contributed by atoms with Gasteiger partial charge in [0.15, 0.2) is 0 Å². The number of nitrogens with zero attached hydrogens (tertiary/aromatic N) is 2. The number of carbonyl (C=O) groups is 2. The van der Waals surface area contributed by atoms with E-state index in [0.29, 0.717) is 11.1 Å². The number of nitro benzene ring substituents is 1. The van der Waals surface area contributed by atoms with Gasteiger partial charge in [-0.2, -0.15) is 0 Å². The van der Waals surface area contributed by atoms with Crippen LogP contribution in [0.1, 0.15) is 11.1 Å². The number of imide groups is 1. The molecule has 2 aromatic rings. The molecule has 0 saturated carbocycles. The summed E-state index contributed by atoms with van der Waals surface area (Å²) in [5, 5.41) is 15.5. The Morgan fingerprint density at radius 1 is 1.00 bits per heavy atom. The molecule has 0 atom stereocenters. The van der Waals surface area contributed by atoms with Crippen LogP contribution in [0.4, 0.5) is 5.69 Å². The summed E-state index contributed by atoms with van der Waals surface area (Å²) in [6, 6.07) is 10.9. The van der Waals surface area contributed by atoms with E-state index in [1.807, 2.05) is 0 Å². The minimum atomic E-state index is -3.81. The van der Waals surface area contributed by atoms with Crippen LogP contribution in [0.15, 0.2) is 58.5 Å². The standard InChI is InChI=1S/C18H14ClN3O6S/c19-16-15(12-3-5-13(6-4-12)22(25)26)17(23)21(18(16)24)10-9-11-1-7-14(8-2-11)29(20,27)28/h1-8H,9-10H2,(H2,20,27,28). The topological polar surface area (TPSA) is 141 Å². The predicted molar refractivity (Wildman–Crippen MR) is 104 cm³/mol. The number of non-ortho nitro benzene ring substituents is 1. The van der Waals surface area contributed by atoms with Crippen molar-refractivity contribution >= 4 is 44.7 Å². The number of hydrogen-bond donors (Lipinski definition) is 1. The van der Waals surface area contributed by atoms with Crippen LogP contribution < -0.4 is 5.14 Å². The molecule has 2 amide bonds. The summed E-state index contributed by atoms with van der Waals surface area (Å²) in [5.74, 6) is -1.26. The first-order chi connectivity index (χ1) is 13.6. The van der Waals surface area contributed by atoms with Crippen LogP contribution >= 0.6 is 11.6 Å². The third-order valence-corrected chi connectivity index (χ3v) is 5.63. The zero-order valence-electron chi connectivity index (χ0n) is 14.7. The second-order valence-corrected chi connectivity index (χ2v) is 8.13. The highest BCUT2D eigenvalue weighted by Crippen LogP contribution is 2.32. The quantitative estimate of drug-likeness (QED) is 0.416. The number of halogens is 1. The highest BCUT2D eigenvalue weighted by molar-refractivity contribution is 7.89. The van der Waals surface area contributed by atoms with Gasteiger partial charge in [0.05, 0.1) is 15.4 Å². The van der Waals surface area contributed by atoms with Crippen molar-refractivity contribution in [3.63, 3.8) is 0 Å². The van der Waals surface area contributed by atoms with E-state index < -0.39 is 26.8 Å². The first-order valence-electron chi connectivity index (χ1n) is 8.22. The van der Waals surface area contributed by atoms with Crippen molar-refractivity contribution in [2.75, 3.05) is 6.54 Å². The van der Waals surface area contributed by atoms with Gasteiger partial charge >= 0.3 is 0 Å². The molecule has 0 bridgehead atoms. The molecule has 0 aromatic heterocycles. The number of hydrogen-bond acceptors (Lipinski definition) is 6. The van der Waals surface area contributed by atoms with Crippen molar-refractivity contribution in [2.45, 2.75) is 11.3 Å². The fraction of sp³-hybridized carbons (Fsp3) is 0.111. The van der Waals surface area contributed by atoms with E-state index in [4.69, 9.17) is 16.7 Å². The Bertz CT molecular complexity index is 1140. The van der Waals surface area contributed by atoms with Gasteiger partial charge in [-0.25, -0.2) is 13.6 Å². The molecule has 150 valence electrons. The third-order valence-electron chi connectivity index (χ3n) is 4.35. The zero-order chi connectivity index (χ0) is 21.3. The molecule has 0 unspecified atom stereocenters. The number of benzene rings is 2. The first kappa shape index (κ1) is 20.6. The van der Waals surface area contributed by atoms with E-state index in [1.54, 1.807) is 0 Å². The Kier molecular flexibility index (Phi) is 5.51. The smallest absolute Gasteiger partial charge is 0.273 e. The normalized spacial score (nSPS) is 14.6. The summed E-state index contributed by atoms with van der Waals surface area (Å²) in [4.78, 5) is 36.2. The second-order valence-electron chi connectivity index (χ2n) is 6.19. The summed E-state index contributed by atoms with van der Waals surface area (Å²) in [7, 11) is -3.81. The number of sulfonamides is 1. The van der Waals surface area contributed by atoms with E-state index in [0.717, 1.165) is 4.90 Å². The number of primary sulfonamides is 1. The fourth-order valence-corrected chi connectivity index (χ4v) is 3.64. The SMILES string of the molecule is NS(=O)(=O)c1ccc(CCN2C(=O)C(Cl)=C(c3ccc([N+](=O)[O-])cc3)C2=O)cc1. The van der Waals surface area contributed by atoms with Crippen LogP contribution in [0.3, 0.4) is 0 Å². The second kappa shape index (κ2) is 7.74. The maximum absolute atomic E-state index is 12.7. The van der Waals surface area contributed by atoms with Crippen molar-refractivity contribution in [1.29, 1.82) is 0 Å². The van der Waals surface area contributed by atoms with Gasteiger partial charge in [-0.05, 0) is 41.8 Å². The molecular formula is C18H14ClN3O6S. The number of nitro groups is 1. The van der Waals surface area contributed by atoms with E-state index in [9.17, 15) is 28.1 Å². The van der Waals surface area contributed by atoms with Gasteiger partial charge in [-0.1, -0.05) is 23.7 Å². The molecule has 0 saturated heterocycles. The van der Waals surface area contributed by atoms with Crippen molar-refractivity contribution < 1.29 is 22.9 Å². The highest BCUT2D eigenvalue weighted by Gasteiger charge is 2.37. The number of amides is 2. The number of carbonyl (C=O) groups excluding carboxylic acids is 2. The molecule has 3 rings (SSSR count). The average Bonchev–Trinajstić information content (AvgIpc) is 2.88. The third kappa shape index (κ3) is 4.19. The van der Waals surface area contributed by atoms with Crippen molar-refractivity contribution in [3.8, 4) is 0 Å². The van der Waals surface area contributed by atoms with Gasteiger partial charge in [-0.15, -0.1) is 0 Å². The lowest BCUT2D eigenvalue weighted by molar-refractivity contribution is -0.384. The Morgan fingerprint density at radius 2 is 1.59 bits per heavy atom. The fourth-order valence-electron chi connectivity index (χ4n) is 2.84. The maximum atomic E-state index is 12.7. The monoisotopic (exact) mass is 435 g/mol. The summed E-state index contributed by atoms with van der Waals surface area (Å²) in [6.07, 6.45) is 0.278.